The van der Waals surface area contributed by atoms with Gasteiger partial charge in [0.15, 0.2) is 5.78 Å². The zero-order chi connectivity index (χ0) is 13.1. The maximum Gasteiger partial charge on any atom is 0.167 e. The fourth-order valence-electron chi connectivity index (χ4n) is 1.53. The molecule has 0 aliphatic carbocycles. The highest BCUT2D eigenvalue weighted by Gasteiger charge is 2.11. The van der Waals surface area contributed by atoms with Gasteiger partial charge in [0.2, 0.25) is 0 Å². The van der Waals surface area contributed by atoms with Crippen LogP contribution in [0.1, 0.15) is 15.9 Å². The number of nitrogens with zero attached hydrogens (tertiary/aromatic N) is 1. The Kier molecular flexibility index (Phi) is 3.94. The van der Waals surface area contributed by atoms with Crippen molar-refractivity contribution in [2.45, 2.75) is 6.42 Å². The standard InChI is InChI=1S/C13H8Cl2FNO/c14-11-2-1-10(16)5-9(11)6-12(18)8-3-4-17-13(15)7-8/h1-5,7H,6H2. The number of ketones is 1. The number of Topliss-reactive ketones (excluding diaryl/α,β-unsaturated/α-hetero) is 1. The molecule has 0 fully saturated rings. The summed E-state index contributed by atoms with van der Waals surface area (Å²) in [5.41, 5.74) is 0.880. The largest absolute Gasteiger partial charge is 0.294 e. The van der Waals surface area contributed by atoms with Crippen LogP contribution in [-0.4, -0.2) is 10.8 Å². The van der Waals surface area contributed by atoms with E-state index in [-0.39, 0.29) is 17.4 Å². The van der Waals surface area contributed by atoms with Gasteiger partial charge in [0.1, 0.15) is 11.0 Å². The van der Waals surface area contributed by atoms with Gasteiger partial charge in [0, 0.05) is 23.2 Å². The first kappa shape index (κ1) is 13.0. The highest BCUT2D eigenvalue weighted by Crippen LogP contribution is 2.19. The monoisotopic (exact) mass is 283 g/mol. The highest BCUT2D eigenvalue weighted by molar-refractivity contribution is 6.31. The van der Waals surface area contributed by atoms with Gasteiger partial charge in [-0.25, -0.2) is 9.37 Å². The number of hydrogen-bond acceptors (Lipinski definition) is 2. The molecule has 5 heteroatoms. The Morgan fingerprint density at radius 3 is 2.72 bits per heavy atom. The fraction of sp³-hybridized carbons (Fsp3) is 0.0769. The van der Waals surface area contributed by atoms with Crippen LogP contribution in [0.25, 0.3) is 0 Å². The lowest BCUT2D eigenvalue weighted by atomic mass is 10.0. The summed E-state index contributed by atoms with van der Waals surface area (Å²) >= 11 is 11.6. The molecule has 0 aliphatic heterocycles. The van der Waals surface area contributed by atoms with Crippen molar-refractivity contribution >= 4 is 29.0 Å². The van der Waals surface area contributed by atoms with Crippen LogP contribution >= 0.6 is 23.2 Å². The Morgan fingerprint density at radius 1 is 1.22 bits per heavy atom. The van der Waals surface area contributed by atoms with E-state index in [2.05, 4.69) is 4.98 Å². The molecule has 0 unspecified atom stereocenters. The molecule has 0 amide bonds. The molecular formula is C13H8Cl2FNO. The molecule has 0 atom stereocenters. The van der Waals surface area contributed by atoms with Gasteiger partial charge >= 0.3 is 0 Å². The number of halogens is 3. The Balaban J connectivity index is 2.24. The normalized spacial score (nSPS) is 10.4. The molecule has 0 aliphatic rings. The maximum atomic E-state index is 13.1. The van der Waals surface area contributed by atoms with Crippen molar-refractivity contribution in [2.75, 3.05) is 0 Å². The van der Waals surface area contributed by atoms with Gasteiger partial charge in [-0.05, 0) is 35.9 Å². The summed E-state index contributed by atoms with van der Waals surface area (Å²) in [5.74, 6) is -0.609. The third-order valence-corrected chi connectivity index (χ3v) is 2.98. The molecule has 18 heavy (non-hydrogen) atoms. The quantitative estimate of drug-likeness (QED) is 0.631. The number of pyridine rings is 1. The van der Waals surface area contributed by atoms with Crippen molar-refractivity contribution in [1.82, 2.24) is 4.98 Å². The number of hydrogen-bond donors (Lipinski definition) is 0. The third kappa shape index (κ3) is 3.06. The lowest BCUT2D eigenvalue weighted by molar-refractivity contribution is 0.0993. The topological polar surface area (TPSA) is 30.0 Å². The van der Waals surface area contributed by atoms with E-state index in [1.54, 1.807) is 6.07 Å². The Labute approximate surface area is 113 Å². The second-order valence-electron chi connectivity index (χ2n) is 3.70. The van der Waals surface area contributed by atoms with Crippen LogP contribution in [0, 0.1) is 5.82 Å². The van der Waals surface area contributed by atoms with Gasteiger partial charge in [-0.1, -0.05) is 23.2 Å². The Hall–Kier alpha value is -1.45. The van der Waals surface area contributed by atoms with E-state index in [1.165, 1.54) is 30.5 Å². The first-order chi connectivity index (χ1) is 8.56. The number of aromatic nitrogens is 1. The molecular weight excluding hydrogens is 276 g/mol. The molecule has 1 aromatic heterocycles. The minimum absolute atomic E-state index is 0.0247. The summed E-state index contributed by atoms with van der Waals surface area (Å²) in [7, 11) is 0. The summed E-state index contributed by atoms with van der Waals surface area (Å²) in [5, 5.41) is 0.607. The van der Waals surface area contributed by atoms with Crippen LogP contribution in [0.15, 0.2) is 36.5 Å². The highest BCUT2D eigenvalue weighted by atomic mass is 35.5. The van der Waals surface area contributed by atoms with Crippen molar-refractivity contribution in [2.24, 2.45) is 0 Å². The number of rotatable bonds is 3. The number of carbonyl (C=O) groups excluding carboxylic acids is 1. The van der Waals surface area contributed by atoms with Crippen LogP contribution in [0.5, 0.6) is 0 Å². The average Bonchev–Trinajstić information content (AvgIpc) is 2.34. The minimum atomic E-state index is -0.421. The van der Waals surface area contributed by atoms with Gasteiger partial charge in [0.05, 0.1) is 0 Å². The first-order valence-electron chi connectivity index (χ1n) is 5.15. The molecule has 92 valence electrons. The van der Waals surface area contributed by atoms with E-state index < -0.39 is 5.82 Å². The molecule has 2 rings (SSSR count). The van der Waals surface area contributed by atoms with Crippen molar-refractivity contribution in [3.05, 3.63) is 63.6 Å². The van der Waals surface area contributed by atoms with E-state index in [4.69, 9.17) is 23.2 Å². The summed E-state index contributed by atoms with van der Waals surface area (Å²) in [6.07, 6.45) is 1.47. The van der Waals surface area contributed by atoms with Crippen molar-refractivity contribution in [1.29, 1.82) is 0 Å². The Morgan fingerprint density at radius 2 is 2.00 bits per heavy atom. The van der Waals surface area contributed by atoms with E-state index in [0.29, 0.717) is 16.1 Å². The van der Waals surface area contributed by atoms with Crippen molar-refractivity contribution < 1.29 is 9.18 Å². The van der Waals surface area contributed by atoms with E-state index >= 15 is 0 Å². The Bertz CT molecular complexity index is 601. The van der Waals surface area contributed by atoms with Gasteiger partial charge in [-0.3, -0.25) is 4.79 Å². The molecule has 0 bridgehead atoms. The summed E-state index contributed by atoms with van der Waals surface area (Å²) in [4.78, 5) is 15.8. The molecule has 0 saturated carbocycles. The van der Waals surface area contributed by atoms with Crippen LogP contribution in [-0.2, 0) is 6.42 Å². The predicted molar refractivity (Wildman–Crippen MR) is 68.7 cm³/mol. The predicted octanol–water partition coefficient (Wildman–Crippen LogP) is 3.95. The molecule has 1 heterocycles. The van der Waals surface area contributed by atoms with Crippen LogP contribution in [0.2, 0.25) is 10.2 Å². The second kappa shape index (κ2) is 5.46. The zero-order valence-corrected chi connectivity index (χ0v) is 10.7. The summed E-state index contributed by atoms with van der Waals surface area (Å²) in [6.45, 7) is 0. The van der Waals surface area contributed by atoms with Crippen molar-refractivity contribution in [3.63, 3.8) is 0 Å². The lowest BCUT2D eigenvalue weighted by Crippen LogP contribution is -2.04. The number of benzene rings is 1. The SMILES string of the molecule is O=C(Cc1cc(F)ccc1Cl)c1ccnc(Cl)c1. The van der Waals surface area contributed by atoms with Crippen molar-refractivity contribution in [3.8, 4) is 0 Å². The minimum Gasteiger partial charge on any atom is -0.294 e. The zero-order valence-electron chi connectivity index (χ0n) is 9.16. The van der Waals surface area contributed by atoms with Gasteiger partial charge in [-0.2, -0.15) is 0 Å². The van der Waals surface area contributed by atoms with Gasteiger partial charge in [0.25, 0.3) is 0 Å². The lowest BCUT2D eigenvalue weighted by Gasteiger charge is -2.04. The molecule has 0 spiro atoms. The summed E-state index contributed by atoms with van der Waals surface area (Å²) in [6, 6.07) is 6.96. The first-order valence-corrected chi connectivity index (χ1v) is 5.90. The molecule has 2 aromatic rings. The maximum absolute atomic E-state index is 13.1. The van der Waals surface area contributed by atoms with E-state index in [0.717, 1.165) is 0 Å². The number of carbonyl (C=O) groups is 1. The molecule has 2 nitrogen and oxygen atoms in total. The van der Waals surface area contributed by atoms with E-state index in [9.17, 15) is 9.18 Å². The van der Waals surface area contributed by atoms with Crippen LogP contribution in [0.3, 0.4) is 0 Å². The van der Waals surface area contributed by atoms with Crippen LogP contribution < -0.4 is 0 Å². The smallest absolute Gasteiger partial charge is 0.167 e. The van der Waals surface area contributed by atoms with Crippen LogP contribution in [0.4, 0.5) is 4.39 Å². The second-order valence-corrected chi connectivity index (χ2v) is 4.50. The molecule has 0 radical (unpaired) electrons. The van der Waals surface area contributed by atoms with Gasteiger partial charge in [-0.15, -0.1) is 0 Å². The average molecular weight is 284 g/mol. The molecule has 0 N–H and O–H groups in total. The van der Waals surface area contributed by atoms with Gasteiger partial charge < -0.3 is 0 Å². The summed E-state index contributed by atoms with van der Waals surface area (Å²) < 4.78 is 13.1. The molecule has 0 saturated heterocycles. The van der Waals surface area contributed by atoms with E-state index in [1.807, 2.05) is 0 Å². The molecule has 1 aromatic carbocycles. The third-order valence-electron chi connectivity index (χ3n) is 2.41. The fourth-order valence-corrected chi connectivity index (χ4v) is 1.89.